The lowest BCUT2D eigenvalue weighted by Gasteiger charge is -2.17. The van der Waals surface area contributed by atoms with E-state index < -0.39 is 0 Å². The molecule has 0 aliphatic carbocycles. The molecule has 1 fully saturated rings. The van der Waals surface area contributed by atoms with Gasteiger partial charge in [-0.1, -0.05) is 13.8 Å². The summed E-state index contributed by atoms with van der Waals surface area (Å²) >= 11 is 0. The molecule has 1 rings (SSSR count). The molecular formula is C15H32N2O. The second-order valence-corrected chi connectivity index (χ2v) is 6.14. The van der Waals surface area contributed by atoms with Crippen LogP contribution in [-0.4, -0.2) is 49.8 Å². The summed E-state index contributed by atoms with van der Waals surface area (Å²) in [7, 11) is 0. The molecule has 18 heavy (non-hydrogen) atoms. The summed E-state index contributed by atoms with van der Waals surface area (Å²) < 4.78 is 5.56. The van der Waals surface area contributed by atoms with E-state index in [1.165, 1.54) is 45.4 Å². The third-order valence-electron chi connectivity index (χ3n) is 3.50. The first-order chi connectivity index (χ1) is 8.58. The second-order valence-electron chi connectivity index (χ2n) is 6.14. The van der Waals surface area contributed by atoms with Crippen molar-refractivity contribution in [2.45, 2.75) is 59.1 Å². The lowest BCUT2D eigenvalue weighted by atomic mass is 10.1. The maximum Gasteiger partial charge on any atom is 0.0518 e. The molecule has 1 saturated heterocycles. The molecule has 0 aromatic carbocycles. The SMILES string of the molecule is CC(C)NCC1CCN(CCCCOC(C)C)C1. The highest BCUT2D eigenvalue weighted by Crippen LogP contribution is 2.16. The Morgan fingerprint density at radius 3 is 2.67 bits per heavy atom. The van der Waals surface area contributed by atoms with E-state index in [1.54, 1.807) is 0 Å². The molecule has 0 spiro atoms. The van der Waals surface area contributed by atoms with Crippen molar-refractivity contribution in [1.29, 1.82) is 0 Å². The van der Waals surface area contributed by atoms with E-state index in [9.17, 15) is 0 Å². The smallest absolute Gasteiger partial charge is 0.0518 e. The first kappa shape index (κ1) is 15.9. The topological polar surface area (TPSA) is 24.5 Å². The van der Waals surface area contributed by atoms with Gasteiger partial charge in [-0.25, -0.2) is 0 Å². The summed E-state index contributed by atoms with van der Waals surface area (Å²) in [4.78, 5) is 2.61. The van der Waals surface area contributed by atoms with Gasteiger partial charge in [-0.15, -0.1) is 0 Å². The number of hydrogen-bond donors (Lipinski definition) is 1. The maximum absolute atomic E-state index is 5.56. The van der Waals surface area contributed by atoms with Gasteiger partial charge in [0.05, 0.1) is 6.10 Å². The molecule has 108 valence electrons. The van der Waals surface area contributed by atoms with E-state index in [0.717, 1.165) is 12.5 Å². The van der Waals surface area contributed by atoms with Crippen molar-refractivity contribution in [3.05, 3.63) is 0 Å². The summed E-state index contributed by atoms with van der Waals surface area (Å²) in [6.45, 7) is 14.6. The second kappa shape index (κ2) is 8.89. The van der Waals surface area contributed by atoms with E-state index in [4.69, 9.17) is 4.74 Å². The lowest BCUT2D eigenvalue weighted by molar-refractivity contribution is 0.0746. The van der Waals surface area contributed by atoms with Crippen molar-refractivity contribution < 1.29 is 4.74 Å². The highest BCUT2D eigenvalue weighted by molar-refractivity contribution is 4.77. The zero-order chi connectivity index (χ0) is 13.4. The maximum atomic E-state index is 5.56. The van der Waals surface area contributed by atoms with Gasteiger partial charge in [-0.05, 0) is 58.7 Å². The minimum absolute atomic E-state index is 0.378. The number of rotatable bonds is 9. The van der Waals surface area contributed by atoms with Crippen LogP contribution in [0, 0.1) is 5.92 Å². The molecule has 1 heterocycles. The van der Waals surface area contributed by atoms with Gasteiger partial charge < -0.3 is 15.0 Å². The van der Waals surface area contributed by atoms with Crippen LogP contribution in [0.3, 0.4) is 0 Å². The molecule has 3 nitrogen and oxygen atoms in total. The molecule has 0 aromatic heterocycles. The van der Waals surface area contributed by atoms with Crippen molar-refractivity contribution in [2.75, 3.05) is 32.8 Å². The summed E-state index contributed by atoms with van der Waals surface area (Å²) in [5.74, 6) is 0.860. The molecule has 0 amide bonds. The predicted molar refractivity (Wildman–Crippen MR) is 78.0 cm³/mol. The Bertz CT molecular complexity index is 207. The molecule has 0 aromatic rings. The molecule has 0 bridgehead atoms. The quantitative estimate of drug-likeness (QED) is 0.642. The third kappa shape index (κ3) is 7.34. The fraction of sp³-hybridized carbons (Fsp3) is 1.00. The highest BCUT2D eigenvalue weighted by Gasteiger charge is 2.21. The van der Waals surface area contributed by atoms with E-state index in [0.29, 0.717) is 12.1 Å². The highest BCUT2D eigenvalue weighted by atomic mass is 16.5. The number of nitrogens with zero attached hydrogens (tertiary/aromatic N) is 1. The number of ether oxygens (including phenoxy) is 1. The van der Waals surface area contributed by atoms with E-state index in [-0.39, 0.29) is 0 Å². The fourth-order valence-electron chi connectivity index (χ4n) is 2.44. The average molecular weight is 256 g/mol. The van der Waals surface area contributed by atoms with Gasteiger partial charge in [-0.3, -0.25) is 0 Å². The van der Waals surface area contributed by atoms with Crippen molar-refractivity contribution in [3.63, 3.8) is 0 Å². The number of hydrogen-bond acceptors (Lipinski definition) is 3. The van der Waals surface area contributed by atoms with Crippen LogP contribution < -0.4 is 5.32 Å². The van der Waals surface area contributed by atoms with Crippen LogP contribution in [0.4, 0.5) is 0 Å². The van der Waals surface area contributed by atoms with Crippen molar-refractivity contribution in [1.82, 2.24) is 10.2 Å². The van der Waals surface area contributed by atoms with E-state index >= 15 is 0 Å². The molecule has 0 radical (unpaired) electrons. The first-order valence-electron chi connectivity index (χ1n) is 7.65. The Morgan fingerprint density at radius 1 is 1.22 bits per heavy atom. The number of unbranched alkanes of at least 4 members (excludes halogenated alkanes) is 1. The van der Waals surface area contributed by atoms with Gasteiger partial charge >= 0.3 is 0 Å². The molecule has 3 heteroatoms. The van der Waals surface area contributed by atoms with Gasteiger partial charge in [-0.2, -0.15) is 0 Å². The lowest BCUT2D eigenvalue weighted by Crippen LogP contribution is -2.31. The minimum Gasteiger partial charge on any atom is -0.379 e. The Kier molecular flexibility index (Phi) is 7.87. The number of likely N-dealkylation sites (tertiary alicyclic amines) is 1. The average Bonchev–Trinajstić information content (AvgIpc) is 2.73. The van der Waals surface area contributed by atoms with Gasteiger partial charge in [0.15, 0.2) is 0 Å². The van der Waals surface area contributed by atoms with Gasteiger partial charge in [0, 0.05) is 19.2 Å². The zero-order valence-corrected chi connectivity index (χ0v) is 12.7. The van der Waals surface area contributed by atoms with Crippen LogP contribution in [0.2, 0.25) is 0 Å². The molecule has 1 aliphatic heterocycles. The fourth-order valence-corrected chi connectivity index (χ4v) is 2.44. The van der Waals surface area contributed by atoms with Crippen LogP contribution in [0.25, 0.3) is 0 Å². The molecule has 1 aliphatic rings. The monoisotopic (exact) mass is 256 g/mol. The van der Waals surface area contributed by atoms with Gasteiger partial charge in [0.25, 0.3) is 0 Å². The summed E-state index contributed by atoms with van der Waals surface area (Å²) in [6.07, 6.45) is 4.21. The Morgan fingerprint density at radius 2 is 2.00 bits per heavy atom. The number of nitrogens with one attached hydrogen (secondary N) is 1. The third-order valence-corrected chi connectivity index (χ3v) is 3.50. The van der Waals surface area contributed by atoms with Crippen LogP contribution in [0.5, 0.6) is 0 Å². The summed E-state index contributed by atoms with van der Waals surface area (Å²) in [5, 5.41) is 3.55. The van der Waals surface area contributed by atoms with Crippen LogP contribution in [-0.2, 0) is 4.74 Å². The van der Waals surface area contributed by atoms with Crippen LogP contribution >= 0.6 is 0 Å². The summed E-state index contributed by atoms with van der Waals surface area (Å²) in [5.41, 5.74) is 0. The normalized spacial score (nSPS) is 21.3. The van der Waals surface area contributed by atoms with Crippen LogP contribution in [0.1, 0.15) is 47.0 Å². The molecule has 1 N–H and O–H groups in total. The van der Waals surface area contributed by atoms with Crippen LogP contribution in [0.15, 0.2) is 0 Å². The summed E-state index contributed by atoms with van der Waals surface area (Å²) in [6, 6.07) is 0.618. The van der Waals surface area contributed by atoms with Crippen molar-refractivity contribution in [2.24, 2.45) is 5.92 Å². The Hall–Kier alpha value is -0.120. The molecular weight excluding hydrogens is 224 g/mol. The van der Waals surface area contributed by atoms with Crippen molar-refractivity contribution in [3.8, 4) is 0 Å². The predicted octanol–water partition coefficient (Wildman–Crippen LogP) is 2.51. The van der Waals surface area contributed by atoms with E-state index in [1.807, 2.05) is 0 Å². The van der Waals surface area contributed by atoms with E-state index in [2.05, 4.69) is 37.9 Å². The minimum atomic E-state index is 0.378. The first-order valence-corrected chi connectivity index (χ1v) is 7.65. The van der Waals surface area contributed by atoms with Crippen molar-refractivity contribution >= 4 is 0 Å². The Labute approximate surface area is 113 Å². The Balaban J connectivity index is 1.97. The molecule has 1 unspecified atom stereocenters. The largest absolute Gasteiger partial charge is 0.379 e. The standard InChI is InChI=1S/C15H32N2O/c1-13(2)16-11-15-7-9-17(12-15)8-5-6-10-18-14(3)4/h13-16H,5-12H2,1-4H3. The zero-order valence-electron chi connectivity index (χ0n) is 12.7. The van der Waals surface area contributed by atoms with Gasteiger partial charge in [0.2, 0.25) is 0 Å². The molecule has 0 saturated carbocycles. The molecule has 1 atom stereocenters. The van der Waals surface area contributed by atoms with Gasteiger partial charge in [0.1, 0.15) is 0 Å².